The number of rotatable bonds is 5. The molecule has 0 radical (unpaired) electrons. The lowest BCUT2D eigenvalue weighted by Gasteiger charge is -2.47. The van der Waals surface area contributed by atoms with E-state index in [0.29, 0.717) is 0 Å². The van der Waals surface area contributed by atoms with Crippen LogP contribution in [0.2, 0.25) is 0 Å². The molecule has 0 aliphatic carbocycles. The van der Waals surface area contributed by atoms with Crippen molar-refractivity contribution in [2.45, 2.75) is 87.9 Å². The molecule has 3 aliphatic heterocycles. The lowest BCUT2D eigenvalue weighted by atomic mass is 9.92. The summed E-state index contributed by atoms with van der Waals surface area (Å²) >= 11 is 0. The highest BCUT2D eigenvalue weighted by atomic mass is 16.8. The molecule has 12 nitrogen and oxygen atoms in total. The number of carbonyl (C=O) groups excluding carboxylic acids is 1. The Balaban J connectivity index is 1.87. The van der Waals surface area contributed by atoms with E-state index in [-0.39, 0.29) is 6.54 Å². The number of amides is 1. The molecule has 0 saturated carbocycles. The summed E-state index contributed by atoms with van der Waals surface area (Å²) in [5.41, 5.74) is 0. The van der Waals surface area contributed by atoms with Gasteiger partial charge in [0.1, 0.15) is 42.7 Å². The minimum absolute atomic E-state index is 0.257. The maximum atomic E-state index is 12.5. The molecule has 0 aromatic carbocycles. The zero-order valence-corrected chi connectivity index (χ0v) is 17.3. The van der Waals surface area contributed by atoms with Crippen LogP contribution >= 0.6 is 0 Å². The Kier molecular flexibility index (Phi) is 7.04. The average molecular weight is 437 g/mol. The number of ether oxygens (including phenoxy) is 5. The molecule has 10 atom stereocenters. The van der Waals surface area contributed by atoms with Gasteiger partial charge in [0.2, 0.25) is 5.91 Å². The maximum absolute atomic E-state index is 12.5. The quantitative estimate of drug-likeness (QED) is 0.295. The van der Waals surface area contributed by atoms with Crippen LogP contribution in [0.1, 0.15) is 20.8 Å². The van der Waals surface area contributed by atoms with E-state index in [9.17, 15) is 30.3 Å². The number of aliphatic hydroxyl groups is 5. The smallest absolute Gasteiger partial charge is 0.219 e. The molecule has 3 saturated heterocycles. The van der Waals surface area contributed by atoms with Crippen molar-refractivity contribution in [3.05, 3.63) is 0 Å². The molecule has 0 bridgehead atoms. The first-order chi connectivity index (χ1) is 14.0. The molecule has 1 amide bonds. The van der Waals surface area contributed by atoms with Crippen LogP contribution in [0.25, 0.3) is 0 Å². The van der Waals surface area contributed by atoms with Crippen LogP contribution in [0.5, 0.6) is 0 Å². The van der Waals surface area contributed by atoms with Crippen molar-refractivity contribution >= 4 is 5.91 Å². The second kappa shape index (κ2) is 8.90. The largest absolute Gasteiger partial charge is 0.394 e. The number of hydrogen-bond donors (Lipinski definition) is 5. The molecule has 3 rings (SSSR count). The number of hydrogen-bond acceptors (Lipinski definition) is 11. The van der Waals surface area contributed by atoms with Crippen molar-refractivity contribution in [3.63, 3.8) is 0 Å². The van der Waals surface area contributed by atoms with Crippen molar-refractivity contribution in [1.29, 1.82) is 0 Å². The van der Waals surface area contributed by atoms with Crippen molar-refractivity contribution in [2.24, 2.45) is 0 Å². The minimum atomic E-state index is -1.56. The summed E-state index contributed by atoms with van der Waals surface area (Å²) in [5, 5.41) is 50.9. The van der Waals surface area contributed by atoms with Gasteiger partial charge in [0, 0.05) is 14.0 Å². The third-order valence-electron chi connectivity index (χ3n) is 5.69. The van der Waals surface area contributed by atoms with Crippen LogP contribution in [0.15, 0.2) is 0 Å². The third kappa shape index (κ3) is 4.35. The molecule has 5 N–H and O–H groups in total. The Bertz CT molecular complexity index is 617. The highest BCUT2D eigenvalue weighted by Crippen LogP contribution is 2.38. The molecule has 0 unspecified atom stereocenters. The fourth-order valence-electron chi connectivity index (χ4n) is 4.19. The highest BCUT2D eigenvalue weighted by molar-refractivity contribution is 5.74. The summed E-state index contributed by atoms with van der Waals surface area (Å²) < 4.78 is 27.7. The van der Waals surface area contributed by atoms with Gasteiger partial charge in [-0.15, -0.1) is 0 Å². The number of methoxy groups -OCH3 is 1. The van der Waals surface area contributed by atoms with Gasteiger partial charge in [0.25, 0.3) is 0 Å². The van der Waals surface area contributed by atoms with Gasteiger partial charge in [-0.2, -0.15) is 0 Å². The van der Waals surface area contributed by atoms with E-state index in [4.69, 9.17) is 23.7 Å². The second-order valence-corrected chi connectivity index (χ2v) is 8.23. The van der Waals surface area contributed by atoms with Gasteiger partial charge in [0.15, 0.2) is 18.4 Å². The average Bonchev–Trinajstić information content (AvgIpc) is 2.99. The predicted octanol–water partition coefficient (Wildman–Crippen LogP) is -3.11. The van der Waals surface area contributed by atoms with Gasteiger partial charge in [-0.25, -0.2) is 0 Å². The molecular weight excluding hydrogens is 406 g/mol. The Hall–Kier alpha value is -0.930. The van der Waals surface area contributed by atoms with Crippen LogP contribution in [-0.4, -0.2) is 124 Å². The van der Waals surface area contributed by atoms with Gasteiger partial charge in [-0.3, -0.25) is 4.79 Å². The number of aliphatic hydroxyl groups excluding tert-OH is 5. The minimum Gasteiger partial charge on any atom is -0.394 e. The van der Waals surface area contributed by atoms with E-state index in [1.54, 1.807) is 13.8 Å². The van der Waals surface area contributed by atoms with Crippen molar-refractivity contribution < 1.29 is 54.0 Å². The summed E-state index contributed by atoms with van der Waals surface area (Å²) in [6.45, 7) is 3.79. The first-order valence-electron chi connectivity index (χ1n) is 9.80. The van der Waals surface area contributed by atoms with E-state index < -0.39 is 79.7 Å². The molecule has 174 valence electrons. The summed E-state index contributed by atoms with van der Waals surface area (Å²) in [6.07, 6.45) is -11.1. The predicted molar refractivity (Wildman–Crippen MR) is 96.7 cm³/mol. The number of fused-ring (bicyclic) bond motifs is 1. The number of nitrogens with zero attached hydrogens (tertiary/aromatic N) is 1. The molecule has 0 aromatic heterocycles. The Morgan fingerprint density at radius 3 is 2.23 bits per heavy atom. The fraction of sp³-hybridized carbons (Fsp3) is 0.944. The first kappa shape index (κ1) is 23.7. The molecule has 3 heterocycles. The second-order valence-electron chi connectivity index (χ2n) is 8.23. The summed E-state index contributed by atoms with van der Waals surface area (Å²) in [7, 11) is 1.27. The summed E-state index contributed by atoms with van der Waals surface area (Å²) in [4.78, 5) is 13.8. The zero-order chi connectivity index (χ0) is 22.4. The molecular formula is C18H31NO11. The fourth-order valence-corrected chi connectivity index (χ4v) is 4.19. The molecule has 0 spiro atoms. The third-order valence-corrected chi connectivity index (χ3v) is 5.69. The van der Waals surface area contributed by atoms with E-state index in [2.05, 4.69) is 0 Å². The molecule has 12 heteroatoms. The molecule has 3 fully saturated rings. The van der Waals surface area contributed by atoms with Crippen LogP contribution in [0, 0.1) is 0 Å². The van der Waals surface area contributed by atoms with Gasteiger partial charge in [0.05, 0.1) is 19.2 Å². The SMILES string of the molecule is CO[C@H]1O[C@H](CN(C(C)=O)[C@@H]2[C@H](O)[C@@H](CO)O[C@@H]3OC(C)(C)O[C@@H]32)[C@@H](O)[C@H](O)[C@H]1O. The standard InChI is InChI=1S/C18H31NO11/c1-7(21)19(5-8-12(23)13(24)14(25)16(26-4)27-8)10-11(22)9(6-20)28-17-15(10)29-18(2,3)30-17/h8-17,20,22-25H,5-6H2,1-4H3/t8-,9-,10-,11-,12-,13+,14-,15-,16+,17-/m1/s1. The van der Waals surface area contributed by atoms with Gasteiger partial charge < -0.3 is 54.1 Å². The van der Waals surface area contributed by atoms with Crippen molar-refractivity contribution in [3.8, 4) is 0 Å². The monoisotopic (exact) mass is 437 g/mol. The van der Waals surface area contributed by atoms with E-state index >= 15 is 0 Å². The normalized spacial score (nSPS) is 45.8. The molecule has 0 aromatic rings. The van der Waals surface area contributed by atoms with Gasteiger partial charge >= 0.3 is 0 Å². The van der Waals surface area contributed by atoms with Gasteiger partial charge in [-0.05, 0) is 13.8 Å². The summed E-state index contributed by atoms with van der Waals surface area (Å²) in [6, 6.07) is -0.999. The van der Waals surface area contributed by atoms with E-state index in [0.717, 1.165) is 0 Å². The van der Waals surface area contributed by atoms with Crippen LogP contribution in [-0.2, 0) is 28.5 Å². The Morgan fingerprint density at radius 2 is 1.67 bits per heavy atom. The van der Waals surface area contributed by atoms with Crippen LogP contribution in [0.3, 0.4) is 0 Å². The summed E-state index contributed by atoms with van der Waals surface area (Å²) in [5.74, 6) is -1.53. The molecule has 30 heavy (non-hydrogen) atoms. The van der Waals surface area contributed by atoms with Crippen molar-refractivity contribution in [2.75, 3.05) is 20.3 Å². The van der Waals surface area contributed by atoms with Crippen LogP contribution < -0.4 is 0 Å². The number of carbonyl (C=O) groups is 1. The van der Waals surface area contributed by atoms with Crippen molar-refractivity contribution in [1.82, 2.24) is 4.90 Å². The van der Waals surface area contributed by atoms with Gasteiger partial charge in [-0.1, -0.05) is 0 Å². The van der Waals surface area contributed by atoms with Crippen LogP contribution in [0.4, 0.5) is 0 Å². The first-order valence-corrected chi connectivity index (χ1v) is 9.80. The topological polar surface area (TPSA) is 168 Å². The zero-order valence-electron chi connectivity index (χ0n) is 17.3. The van der Waals surface area contributed by atoms with E-state index in [1.165, 1.54) is 18.9 Å². The Morgan fingerprint density at radius 1 is 1.00 bits per heavy atom. The lowest BCUT2D eigenvalue weighted by molar-refractivity contribution is -0.294. The highest BCUT2D eigenvalue weighted by Gasteiger charge is 2.57. The maximum Gasteiger partial charge on any atom is 0.219 e. The van der Waals surface area contributed by atoms with E-state index in [1.807, 2.05) is 0 Å². The molecule has 3 aliphatic rings. The Labute approximate surface area is 173 Å². The lowest BCUT2D eigenvalue weighted by Crippen LogP contribution is -2.67.